The smallest absolute Gasteiger partial charge is 0.0274 e. The summed E-state index contributed by atoms with van der Waals surface area (Å²) in [5.74, 6) is 0.810. The molecule has 1 aromatic carbocycles. The second kappa shape index (κ2) is 5.06. The molecule has 0 spiro atoms. The van der Waals surface area contributed by atoms with Crippen molar-refractivity contribution < 1.29 is 0 Å². The van der Waals surface area contributed by atoms with Gasteiger partial charge in [-0.3, -0.25) is 0 Å². The van der Waals surface area contributed by atoms with Gasteiger partial charge in [-0.2, -0.15) is 0 Å². The Morgan fingerprint density at radius 3 is 2.23 bits per heavy atom. The van der Waals surface area contributed by atoms with Crippen LogP contribution < -0.4 is 0 Å². The van der Waals surface area contributed by atoms with E-state index in [4.69, 9.17) is 0 Å². The minimum Gasteiger partial charge on any atom is -0.0628 e. The summed E-state index contributed by atoms with van der Waals surface area (Å²) in [4.78, 5) is 0. The van der Waals surface area contributed by atoms with Crippen LogP contribution in [0.4, 0.5) is 0 Å². The third kappa shape index (κ3) is 3.22. The molecular weight excluding hydrogens is 156 g/mol. The predicted octanol–water partition coefficient (Wildman–Crippen LogP) is 3.84. The topological polar surface area (TPSA) is 0 Å². The number of hydrogen-bond acceptors (Lipinski definition) is 0. The average Bonchev–Trinajstić information content (AvgIpc) is 2.15. The first kappa shape index (κ1) is 10.3. The summed E-state index contributed by atoms with van der Waals surface area (Å²) in [6.07, 6.45) is 3.70. The Balaban J connectivity index is 2.64. The summed E-state index contributed by atoms with van der Waals surface area (Å²) in [5, 5.41) is 0. The fourth-order valence-corrected chi connectivity index (χ4v) is 1.59. The molecule has 0 radical (unpaired) electrons. The molecule has 1 aromatic rings. The van der Waals surface area contributed by atoms with Crippen molar-refractivity contribution in [2.45, 2.75) is 40.0 Å². The highest BCUT2D eigenvalue weighted by atomic mass is 14.1. The van der Waals surface area contributed by atoms with E-state index in [-0.39, 0.29) is 0 Å². The van der Waals surface area contributed by atoms with Gasteiger partial charge in [0.25, 0.3) is 0 Å². The van der Waals surface area contributed by atoms with Crippen molar-refractivity contribution in [2.24, 2.45) is 5.92 Å². The van der Waals surface area contributed by atoms with Crippen LogP contribution in [0, 0.1) is 5.92 Å². The summed E-state index contributed by atoms with van der Waals surface area (Å²) < 4.78 is 0. The maximum atomic E-state index is 2.29. The quantitative estimate of drug-likeness (QED) is 0.654. The molecule has 0 atom stereocenters. The second-order valence-corrected chi connectivity index (χ2v) is 4.05. The lowest BCUT2D eigenvalue weighted by atomic mass is 9.97. The molecule has 0 unspecified atom stereocenters. The van der Waals surface area contributed by atoms with Gasteiger partial charge in [0.1, 0.15) is 0 Å². The first-order valence-electron chi connectivity index (χ1n) is 5.30. The Morgan fingerprint density at radius 2 is 1.69 bits per heavy atom. The zero-order chi connectivity index (χ0) is 9.68. The van der Waals surface area contributed by atoms with E-state index >= 15 is 0 Å². The molecule has 72 valence electrons. The minimum atomic E-state index is 0.810. The number of hydrogen-bond donors (Lipinski definition) is 0. The van der Waals surface area contributed by atoms with Gasteiger partial charge in [0.2, 0.25) is 0 Å². The van der Waals surface area contributed by atoms with Crippen molar-refractivity contribution in [3.05, 3.63) is 35.4 Å². The van der Waals surface area contributed by atoms with Crippen LogP contribution in [0.2, 0.25) is 0 Å². The van der Waals surface area contributed by atoms with Gasteiger partial charge in [0.05, 0.1) is 0 Å². The lowest BCUT2D eigenvalue weighted by molar-refractivity contribution is 0.585. The number of aryl methyl sites for hydroxylation is 2. The molecule has 1 rings (SSSR count). The van der Waals surface area contributed by atoms with Crippen LogP contribution in [0.25, 0.3) is 0 Å². The highest BCUT2D eigenvalue weighted by molar-refractivity contribution is 5.27. The molecule has 0 nitrogen and oxygen atoms in total. The van der Waals surface area contributed by atoms with Crippen LogP contribution >= 0.6 is 0 Å². The molecule has 0 N–H and O–H groups in total. The van der Waals surface area contributed by atoms with Gasteiger partial charge in [0.15, 0.2) is 0 Å². The molecule has 0 heteroatoms. The Hall–Kier alpha value is -0.780. The fraction of sp³-hybridized carbons (Fsp3) is 0.538. The third-order valence-electron chi connectivity index (χ3n) is 2.49. The van der Waals surface area contributed by atoms with E-state index in [0.29, 0.717) is 0 Å². The summed E-state index contributed by atoms with van der Waals surface area (Å²) in [6, 6.07) is 8.80. The van der Waals surface area contributed by atoms with Crippen LogP contribution in [-0.2, 0) is 12.8 Å². The van der Waals surface area contributed by atoms with E-state index in [1.807, 2.05) is 0 Å². The van der Waals surface area contributed by atoms with Gasteiger partial charge >= 0.3 is 0 Å². The van der Waals surface area contributed by atoms with E-state index in [9.17, 15) is 0 Å². The van der Waals surface area contributed by atoms with Crippen LogP contribution in [0.15, 0.2) is 24.3 Å². The van der Waals surface area contributed by atoms with Gasteiger partial charge in [-0.1, -0.05) is 45.0 Å². The zero-order valence-electron chi connectivity index (χ0n) is 9.01. The highest BCUT2D eigenvalue weighted by Gasteiger charge is 2.00. The molecule has 0 aliphatic rings. The zero-order valence-corrected chi connectivity index (χ0v) is 9.01. The molecule has 13 heavy (non-hydrogen) atoms. The molecular formula is C13H20. The van der Waals surface area contributed by atoms with E-state index < -0.39 is 0 Å². The average molecular weight is 176 g/mol. The predicted molar refractivity (Wildman–Crippen MR) is 59.0 cm³/mol. The largest absolute Gasteiger partial charge is 0.0628 e. The Morgan fingerprint density at radius 1 is 1.08 bits per heavy atom. The summed E-state index contributed by atoms with van der Waals surface area (Å²) in [5.41, 5.74) is 3.06. The van der Waals surface area contributed by atoms with Crippen molar-refractivity contribution in [1.82, 2.24) is 0 Å². The summed E-state index contributed by atoms with van der Waals surface area (Å²) in [7, 11) is 0. The maximum absolute atomic E-state index is 2.29. The number of rotatable bonds is 4. The van der Waals surface area contributed by atoms with Crippen molar-refractivity contribution in [1.29, 1.82) is 0 Å². The molecule has 0 bridgehead atoms. The Kier molecular flexibility index (Phi) is 4.01. The van der Waals surface area contributed by atoms with Crippen LogP contribution in [0.3, 0.4) is 0 Å². The standard InChI is InChI=1S/C13H20/c1-4-12-7-5-6-8-13(12)10-9-11(2)3/h5-8,11H,4,9-10H2,1-3H3. The van der Waals surface area contributed by atoms with E-state index in [1.54, 1.807) is 5.56 Å². The Labute approximate surface area is 82.0 Å². The first-order chi connectivity index (χ1) is 6.24. The summed E-state index contributed by atoms with van der Waals surface area (Å²) >= 11 is 0. The molecule has 0 heterocycles. The molecule has 0 amide bonds. The first-order valence-corrected chi connectivity index (χ1v) is 5.30. The van der Waals surface area contributed by atoms with Gasteiger partial charge in [-0.05, 0) is 36.3 Å². The fourth-order valence-electron chi connectivity index (χ4n) is 1.59. The normalized spacial score (nSPS) is 10.8. The summed E-state index contributed by atoms with van der Waals surface area (Å²) in [6.45, 7) is 6.80. The van der Waals surface area contributed by atoms with Crippen molar-refractivity contribution in [3.63, 3.8) is 0 Å². The van der Waals surface area contributed by atoms with Gasteiger partial charge in [0, 0.05) is 0 Å². The Bertz CT molecular complexity index is 248. The van der Waals surface area contributed by atoms with Gasteiger partial charge in [-0.15, -0.1) is 0 Å². The van der Waals surface area contributed by atoms with E-state index in [1.165, 1.54) is 18.4 Å². The lowest BCUT2D eigenvalue weighted by Crippen LogP contribution is -1.96. The lowest BCUT2D eigenvalue weighted by Gasteiger charge is -2.08. The molecule has 0 aromatic heterocycles. The van der Waals surface area contributed by atoms with Crippen molar-refractivity contribution in [2.75, 3.05) is 0 Å². The van der Waals surface area contributed by atoms with Gasteiger partial charge < -0.3 is 0 Å². The maximum Gasteiger partial charge on any atom is -0.0274 e. The molecule has 0 saturated carbocycles. The second-order valence-electron chi connectivity index (χ2n) is 4.05. The number of benzene rings is 1. The van der Waals surface area contributed by atoms with Crippen molar-refractivity contribution >= 4 is 0 Å². The van der Waals surface area contributed by atoms with Crippen LogP contribution in [0.5, 0.6) is 0 Å². The van der Waals surface area contributed by atoms with Gasteiger partial charge in [-0.25, -0.2) is 0 Å². The van der Waals surface area contributed by atoms with Crippen LogP contribution in [-0.4, -0.2) is 0 Å². The van der Waals surface area contributed by atoms with E-state index in [2.05, 4.69) is 45.0 Å². The molecule has 0 fully saturated rings. The van der Waals surface area contributed by atoms with E-state index in [0.717, 1.165) is 12.3 Å². The highest BCUT2D eigenvalue weighted by Crippen LogP contribution is 2.14. The molecule has 0 aliphatic carbocycles. The SMILES string of the molecule is CCc1ccccc1CCC(C)C. The van der Waals surface area contributed by atoms with Crippen molar-refractivity contribution in [3.8, 4) is 0 Å². The minimum absolute atomic E-state index is 0.810. The third-order valence-corrected chi connectivity index (χ3v) is 2.49. The monoisotopic (exact) mass is 176 g/mol. The molecule has 0 saturated heterocycles. The van der Waals surface area contributed by atoms with Crippen LogP contribution in [0.1, 0.15) is 38.3 Å². The molecule has 0 aliphatic heterocycles.